The fourth-order valence-electron chi connectivity index (χ4n) is 3.53. The van der Waals surface area contributed by atoms with Crippen LogP contribution in [0.15, 0.2) is 76.5 Å². The van der Waals surface area contributed by atoms with Crippen molar-refractivity contribution in [3.63, 3.8) is 0 Å². The van der Waals surface area contributed by atoms with E-state index in [9.17, 15) is 31.3 Å². The molecule has 3 aromatic rings. The van der Waals surface area contributed by atoms with E-state index in [0.717, 1.165) is 23.8 Å². The van der Waals surface area contributed by atoms with Crippen molar-refractivity contribution < 1.29 is 26.1 Å². The van der Waals surface area contributed by atoms with Crippen LogP contribution in [0.2, 0.25) is 0 Å². The molecular formula is C21H18FN3O6S2. The Bertz CT molecular complexity index is 1440. The van der Waals surface area contributed by atoms with Crippen LogP contribution in [-0.4, -0.2) is 32.6 Å². The summed E-state index contributed by atoms with van der Waals surface area (Å²) in [6, 6.07) is 14.0. The van der Waals surface area contributed by atoms with Gasteiger partial charge in [-0.05, 0) is 60.0 Å². The average molecular weight is 492 g/mol. The molecule has 0 aromatic heterocycles. The molecule has 0 spiro atoms. The van der Waals surface area contributed by atoms with E-state index in [1.54, 1.807) is 12.1 Å². The summed E-state index contributed by atoms with van der Waals surface area (Å²) in [7, 11) is -7.97. The van der Waals surface area contributed by atoms with Gasteiger partial charge in [-0.25, -0.2) is 21.2 Å². The van der Waals surface area contributed by atoms with E-state index >= 15 is 0 Å². The van der Waals surface area contributed by atoms with Gasteiger partial charge in [0.05, 0.1) is 14.7 Å². The Hall–Kier alpha value is -3.35. The number of hydrogen-bond donors (Lipinski definition) is 1. The van der Waals surface area contributed by atoms with Crippen molar-refractivity contribution in [3.8, 4) is 0 Å². The predicted octanol–water partition coefficient (Wildman–Crippen LogP) is 3.28. The number of hydrogen-bond acceptors (Lipinski definition) is 6. The second kappa shape index (κ2) is 8.54. The van der Waals surface area contributed by atoms with Gasteiger partial charge >= 0.3 is 0 Å². The first-order valence-electron chi connectivity index (χ1n) is 9.71. The van der Waals surface area contributed by atoms with Crippen LogP contribution in [0.5, 0.6) is 0 Å². The Morgan fingerprint density at radius 2 is 1.64 bits per heavy atom. The molecule has 0 amide bonds. The summed E-state index contributed by atoms with van der Waals surface area (Å²) in [4.78, 5) is 9.96. The molecule has 0 saturated heterocycles. The largest absolute Gasteiger partial charge is 0.280 e. The van der Waals surface area contributed by atoms with Crippen molar-refractivity contribution in [2.75, 3.05) is 11.3 Å². The minimum absolute atomic E-state index is 0.0153. The van der Waals surface area contributed by atoms with Crippen LogP contribution < -0.4 is 4.72 Å². The summed E-state index contributed by atoms with van der Waals surface area (Å²) in [5, 5.41) is 10.9. The molecule has 0 radical (unpaired) electrons. The van der Waals surface area contributed by atoms with E-state index in [1.165, 1.54) is 40.7 Å². The number of benzene rings is 3. The number of nitro benzene ring substituents is 1. The van der Waals surface area contributed by atoms with Gasteiger partial charge in [-0.1, -0.05) is 12.1 Å². The minimum Gasteiger partial charge on any atom is -0.280 e. The molecule has 0 saturated carbocycles. The lowest BCUT2D eigenvalue weighted by Gasteiger charge is -2.28. The quantitative estimate of drug-likeness (QED) is 0.417. The van der Waals surface area contributed by atoms with Crippen molar-refractivity contribution in [1.82, 2.24) is 4.31 Å². The molecule has 1 aliphatic rings. The molecule has 9 nitrogen and oxygen atoms in total. The van der Waals surface area contributed by atoms with Crippen LogP contribution in [0.1, 0.15) is 11.1 Å². The molecule has 1 N–H and O–H groups in total. The molecule has 0 atom stereocenters. The molecule has 172 valence electrons. The molecule has 0 unspecified atom stereocenters. The van der Waals surface area contributed by atoms with Crippen molar-refractivity contribution in [3.05, 3.63) is 93.8 Å². The smallest absolute Gasteiger partial charge is 0.270 e. The van der Waals surface area contributed by atoms with E-state index in [4.69, 9.17) is 0 Å². The first kappa shape index (κ1) is 22.8. The van der Waals surface area contributed by atoms with E-state index in [1.807, 2.05) is 0 Å². The number of nitrogens with zero attached hydrogens (tertiary/aromatic N) is 2. The molecule has 0 fully saturated rings. The summed E-state index contributed by atoms with van der Waals surface area (Å²) in [5.74, 6) is -0.543. The first-order chi connectivity index (χ1) is 15.6. The van der Waals surface area contributed by atoms with Gasteiger partial charge in [0.2, 0.25) is 10.0 Å². The van der Waals surface area contributed by atoms with E-state index in [0.29, 0.717) is 12.0 Å². The lowest BCUT2D eigenvalue weighted by atomic mass is 10.0. The van der Waals surface area contributed by atoms with Crippen molar-refractivity contribution in [2.45, 2.75) is 22.8 Å². The third-order valence-electron chi connectivity index (χ3n) is 5.23. The fraction of sp³-hybridized carbons (Fsp3) is 0.143. The Kier molecular flexibility index (Phi) is 5.91. The lowest BCUT2D eigenvalue weighted by molar-refractivity contribution is -0.385. The number of nitro groups is 1. The average Bonchev–Trinajstić information content (AvgIpc) is 2.78. The molecule has 33 heavy (non-hydrogen) atoms. The fourth-order valence-corrected chi connectivity index (χ4v) is 6.04. The van der Waals surface area contributed by atoms with Crippen molar-refractivity contribution in [1.29, 1.82) is 0 Å². The zero-order valence-electron chi connectivity index (χ0n) is 17.0. The molecule has 0 bridgehead atoms. The maximum atomic E-state index is 13.2. The number of nitrogens with one attached hydrogen (secondary N) is 1. The third-order valence-corrected chi connectivity index (χ3v) is 8.46. The van der Waals surface area contributed by atoms with E-state index in [-0.39, 0.29) is 34.3 Å². The summed E-state index contributed by atoms with van der Waals surface area (Å²) < 4.78 is 68.1. The molecule has 1 heterocycles. The van der Waals surface area contributed by atoms with Crippen LogP contribution in [0.4, 0.5) is 15.8 Å². The SMILES string of the molecule is O=[N+]([O-])c1cccc(S(=O)(=O)Nc2ccc3c(c2)CN(S(=O)(=O)c2ccc(F)cc2)CC3)c1. The van der Waals surface area contributed by atoms with Gasteiger partial charge in [-0.15, -0.1) is 0 Å². The Labute approximate surface area is 189 Å². The van der Waals surface area contributed by atoms with Gasteiger partial charge in [-0.3, -0.25) is 14.8 Å². The van der Waals surface area contributed by atoms with Crippen LogP contribution in [-0.2, 0) is 33.0 Å². The highest BCUT2D eigenvalue weighted by Gasteiger charge is 2.29. The monoisotopic (exact) mass is 491 g/mol. The second-order valence-electron chi connectivity index (χ2n) is 7.39. The molecule has 0 aliphatic carbocycles. The van der Waals surface area contributed by atoms with Gasteiger partial charge in [-0.2, -0.15) is 4.31 Å². The van der Waals surface area contributed by atoms with Crippen LogP contribution in [0.3, 0.4) is 0 Å². The number of non-ortho nitro benzene ring substituents is 1. The third kappa shape index (κ3) is 4.72. The number of rotatable bonds is 6. The normalized spacial score (nSPS) is 14.5. The summed E-state index contributed by atoms with van der Waals surface area (Å²) in [6.07, 6.45) is 0.424. The van der Waals surface area contributed by atoms with Crippen LogP contribution >= 0.6 is 0 Å². The zero-order valence-corrected chi connectivity index (χ0v) is 18.6. The maximum Gasteiger partial charge on any atom is 0.270 e. The highest BCUT2D eigenvalue weighted by Crippen LogP contribution is 2.28. The van der Waals surface area contributed by atoms with Gasteiger partial charge in [0.1, 0.15) is 5.82 Å². The van der Waals surface area contributed by atoms with Gasteiger partial charge < -0.3 is 0 Å². The highest BCUT2D eigenvalue weighted by molar-refractivity contribution is 7.92. The Balaban J connectivity index is 1.58. The van der Waals surface area contributed by atoms with Crippen molar-refractivity contribution in [2.24, 2.45) is 0 Å². The molecule has 12 heteroatoms. The Morgan fingerprint density at radius 3 is 2.33 bits per heavy atom. The Morgan fingerprint density at radius 1 is 0.909 bits per heavy atom. The first-order valence-corrected chi connectivity index (χ1v) is 12.6. The summed E-state index contributed by atoms with van der Waals surface area (Å²) >= 11 is 0. The number of fused-ring (bicyclic) bond motifs is 1. The molecule has 3 aromatic carbocycles. The molecule has 4 rings (SSSR count). The van der Waals surface area contributed by atoms with Crippen LogP contribution in [0, 0.1) is 15.9 Å². The molecule has 1 aliphatic heterocycles. The van der Waals surface area contributed by atoms with Crippen molar-refractivity contribution >= 4 is 31.4 Å². The zero-order chi connectivity index (χ0) is 23.8. The standard InChI is InChI=1S/C21H18FN3O6S2/c22-17-5-8-20(9-6-17)33(30,31)24-11-10-15-4-7-18(12-16(15)14-24)23-32(28,29)21-3-1-2-19(13-21)25(26)27/h1-9,12-13,23H,10-11,14H2. The summed E-state index contributed by atoms with van der Waals surface area (Å²) in [6.45, 7) is 0.243. The minimum atomic E-state index is -4.11. The number of anilines is 1. The number of halogens is 1. The summed E-state index contributed by atoms with van der Waals surface area (Å²) in [5.41, 5.74) is 1.33. The molecular weight excluding hydrogens is 473 g/mol. The topological polar surface area (TPSA) is 127 Å². The van der Waals surface area contributed by atoms with Crippen LogP contribution in [0.25, 0.3) is 0 Å². The maximum absolute atomic E-state index is 13.2. The lowest BCUT2D eigenvalue weighted by Crippen LogP contribution is -2.36. The second-order valence-corrected chi connectivity index (χ2v) is 11.0. The van der Waals surface area contributed by atoms with Gasteiger partial charge in [0.15, 0.2) is 0 Å². The van der Waals surface area contributed by atoms with Gasteiger partial charge in [0.25, 0.3) is 15.7 Å². The number of sulfonamides is 2. The highest BCUT2D eigenvalue weighted by atomic mass is 32.2. The van der Waals surface area contributed by atoms with E-state index in [2.05, 4.69) is 4.72 Å². The predicted molar refractivity (Wildman–Crippen MR) is 118 cm³/mol. The van der Waals surface area contributed by atoms with E-state index < -0.39 is 30.8 Å². The van der Waals surface area contributed by atoms with Gasteiger partial charge in [0, 0.05) is 30.9 Å².